The highest BCUT2D eigenvalue weighted by Crippen LogP contribution is 2.36. The number of rotatable bonds is 7. The van der Waals surface area contributed by atoms with E-state index in [1.54, 1.807) is 18.3 Å². The van der Waals surface area contributed by atoms with Crippen molar-refractivity contribution in [1.29, 1.82) is 0 Å². The Morgan fingerprint density at radius 3 is 2.63 bits per heavy atom. The Morgan fingerprint density at radius 2 is 1.93 bits per heavy atom. The van der Waals surface area contributed by atoms with Crippen LogP contribution in [0.5, 0.6) is 0 Å². The molecule has 30 heavy (non-hydrogen) atoms. The van der Waals surface area contributed by atoms with E-state index in [-0.39, 0.29) is 18.4 Å². The molecule has 156 valence electrons. The summed E-state index contributed by atoms with van der Waals surface area (Å²) in [5.41, 5.74) is 1.83. The molecule has 1 amide bonds. The van der Waals surface area contributed by atoms with Crippen LogP contribution in [0.4, 0.5) is 0 Å². The fourth-order valence-electron chi connectivity index (χ4n) is 3.59. The second kappa shape index (κ2) is 9.53. The number of carbonyl (C=O) groups excluding carboxylic acids is 2. The van der Waals surface area contributed by atoms with Crippen LogP contribution in [0.2, 0.25) is 0 Å². The molecular weight excluding hydrogens is 416 g/mol. The Balaban J connectivity index is 1.47. The zero-order valence-corrected chi connectivity index (χ0v) is 18.4. The number of hydrogen-bond donors (Lipinski definition) is 1. The van der Waals surface area contributed by atoms with Crippen LogP contribution < -0.4 is 5.32 Å². The van der Waals surface area contributed by atoms with E-state index in [9.17, 15) is 9.59 Å². The third-order valence-corrected chi connectivity index (χ3v) is 7.14. The van der Waals surface area contributed by atoms with Gasteiger partial charge in [0.25, 0.3) is 5.91 Å². The van der Waals surface area contributed by atoms with Gasteiger partial charge in [-0.25, -0.2) is 4.98 Å². The highest BCUT2D eigenvalue weighted by molar-refractivity contribution is 7.17. The Bertz CT molecular complexity index is 993. The van der Waals surface area contributed by atoms with Crippen LogP contribution in [0.3, 0.4) is 0 Å². The lowest BCUT2D eigenvalue weighted by Gasteiger charge is -2.17. The average molecular weight is 441 g/mol. The molecule has 1 aliphatic rings. The topological polar surface area (TPSA) is 68.3 Å². The molecule has 1 fully saturated rings. The predicted molar refractivity (Wildman–Crippen MR) is 121 cm³/mol. The molecule has 1 aromatic carbocycles. The van der Waals surface area contributed by atoms with Crippen molar-refractivity contribution in [1.82, 2.24) is 10.3 Å². The van der Waals surface area contributed by atoms with Crippen molar-refractivity contribution >= 4 is 34.6 Å². The first-order valence-electron chi connectivity index (χ1n) is 10.2. The van der Waals surface area contributed by atoms with E-state index in [0.717, 1.165) is 51.7 Å². The maximum absolute atomic E-state index is 12.6. The summed E-state index contributed by atoms with van der Waals surface area (Å²) in [7, 11) is 0. The average Bonchev–Trinajstić information content (AvgIpc) is 3.50. The summed E-state index contributed by atoms with van der Waals surface area (Å²) in [6.45, 7) is 1.63. The van der Waals surface area contributed by atoms with E-state index >= 15 is 0 Å². The second-order valence-electron chi connectivity index (χ2n) is 7.43. The van der Waals surface area contributed by atoms with Crippen LogP contribution in [0.15, 0.2) is 47.8 Å². The quantitative estimate of drug-likeness (QED) is 0.521. The number of thiophene rings is 1. The largest absolute Gasteiger partial charge is 0.452 e. The van der Waals surface area contributed by atoms with Gasteiger partial charge in [0, 0.05) is 16.5 Å². The van der Waals surface area contributed by atoms with Gasteiger partial charge in [-0.15, -0.1) is 22.7 Å². The van der Waals surface area contributed by atoms with Gasteiger partial charge in [0.15, 0.2) is 6.10 Å². The fourth-order valence-corrected chi connectivity index (χ4v) is 5.47. The van der Waals surface area contributed by atoms with Crippen molar-refractivity contribution in [2.24, 2.45) is 0 Å². The Labute approximate surface area is 184 Å². The molecule has 1 aliphatic carbocycles. The SMILES string of the molecule is CC(OC(=O)Cc1sc(-c2ccccc2)nc1-c1cccs1)C(=O)NC1CCCC1. The molecule has 3 aromatic rings. The zero-order valence-electron chi connectivity index (χ0n) is 16.8. The summed E-state index contributed by atoms with van der Waals surface area (Å²) < 4.78 is 5.45. The van der Waals surface area contributed by atoms with E-state index in [4.69, 9.17) is 9.72 Å². The van der Waals surface area contributed by atoms with Gasteiger partial charge in [0.2, 0.25) is 0 Å². The number of carbonyl (C=O) groups is 2. The smallest absolute Gasteiger partial charge is 0.311 e. The molecule has 1 N–H and O–H groups in total. The summed E-state index contributed by atoms with van der Waals surface area (Å²) in [5.74, 6) is -0.631. The number of aromatic nitrogens is 1. The maximum atomic E-state index is 12.6. The summed E-state index contributed by atoms with van der Waals surface area (Å²) in [5, 5.41) is 5.85. The zero-order chi connectivity index (χ0) is 20.9. The van der Waals surface area contributed by atoms with Gasteiger partial charge in [0.1, 0.15) is 5.01 Å². The minimum absolute atomic E-state index is 0.0960. The predicted octanol–water partition coefficient (Wildman–Crippen LogP) is 5.07. The van der Waals surface area contributed by atoms with E-state index in [1.165, 1.54) is 11.3 Å². The standard InChI is InChI=1S/C23H24N2O3S2/c1-15(22(27)24-17-10-5-6-11-17)28-20(26)14-19-21(18-12-7-13-29-18)25-23(30-19)16-8-3-2-4-9-16/h2-4,7-9,12-13,15,17H,5-6,10-11,14H2,1H3,(H,24,27). The first-order valence-corrected chi connectivity index (χ1v) is 11.9. The van der Waals surface area contributed by atoms with Crippen LogP contribution >= 0.6 is 22.7 Å². The molecule has 7 heteroatoms. The minimum Gasteiger partial charge on any atom is -0.452 e. The van der Waals surface area contributed by atoms with Gasteiger partial charge in [0.05, 0.1) is 17.0 Å². The molecule has 1 saturated carbocycles. The normalized spacial score (nSPS) is 15.1. The number of thiazole rings is 1. The van der Waals surface area contributed by atoms with Crippen LogP contribution in [-0.4, -0.2) is 29.0 Å². The Hall–Kier alpha value is -2.51. The number of amides is 1. The lowest BCUT2D eigenvalue weighted by Crippen LogP contribution is -2.41. The van der Waals surface area contributed by atoms with Gasteiger partial charge in [-0.3, -0.25) is 9.59 Å². The number of hydrogen-bond acceptors (Lipinski definition) is 6. The first kappa shape index (κ1) is 20.8. The molecule has 5 nitrogen and oxygen atoms in total. The summed E-state index contributed by atoms with van der Waals surface area (Å²) in [6.07, 6.45) is 3.57. The second-order valence-corrected chi connectivity index (χ2v) is 9.46. The summed E-state index contributed by atoms with van der Waals surface area (Å²) >= 11 is 3.09. The molecule has 0 radical (unpaired) electrons. The number of ether oxygens (including phenoxy) is 1. The van der Waals surface area contributed by atoms with Gasteiger partial charge in [-0.05, 0) is 31.2 Å². The van der Waals surface area contributed by atoms with Crippen molar-refractivity contribution < 1.29 is 14.3 Å². The highest BCUT2D eigenvalue weighted by atomic mass is 32.1. The van der Waals surface area contributed by atoms with Crippen molar-refractivity contribution in [2.45, 2.75) is 51.2 Å². The molecule has 2 heterocycles. The monoisotopic (exact) mass is 440 g/mol. The molecule has 0 aliphatic heterocycles. The highest BCUT2D eigenvalue weighted by Gasteiger charge is 2.24. The molecule has 4 rings (SSSR count). The van der Waals surface area contributed by atoms with Gasteiger partial charge >= 0.3 is 5.97 Å². The van der Waals surface area contributed by atoms with E-state index in [0.29, 0.717) is 0 Å². The van der Waals surface area contributed by atoms with Gasteiger partial charge in [-0.1, -0.05) is 49.2 Å². The van der Waals surface area contributed by atoms with Crippen molar-refractivity contribution in [3.8, 4) is 21.1 Å². The van der Waals surface area contributed by atoms with E-state index < -0.39 is 12.1 Å². The lowest BCUT2D eigenvalue weighted by molar-refractivity contribution is -0.154. The third kappa shape index (κ3) is 4.96. The lowest BCUT2D eigenvalue weighted by atomic mass is 10.2. The van der Waals surface area contributed by atoms with Crippen molar-refractivity contribution in [2.75, 3.05) is 0 Å². The minimum atomic E-state index is -0.801. The number of nitrogens with one attached hydrogen (secondary N) is 1. The third-order valence-electron chi connectivity index (χ3n) is 5.16. The molecular formula is C23H24N2O3S2. The molecule has 0 spiro atoms. The Morgan fingerprint density at radius 1 is 1.17 bits per heavy atom. The van der Waals surface area contributed by atoms with Crippen LogP contribution in [0.1, 0.15) is 37.5 Å². The molecule has 1 unspecified atom stereocenters. The van der Waals surface area contributed by atoms with E-state index in [1.807, 2.05) is 47.8 Å². The number of benzene rings is 1. The molecule has 0 bridgehead atoms. The Kier molecular flexibility index (Phi) is 6.59. The summed E-state index contributed by atoms with van der Waals surface area (Å²) in [4.78, 5) is 31.6. The van der Waals surface area contributed by atoms with Crippen LogP contribution in [0.25, 0.3) is 21.1 Å². The molecule has 2 aromatic heterocycles. The van der Waals surface area contributed by atoms with Crippen molar-refractivity contribution in [3.63, 3.8) is 0 Å². The fraction of sp³-hybridized carbons (Fsp3) is 0.348. The summed E-state index contributed by atoms with van der Waals surface area (Å²) in [6, 6.07) is 14.1. The maximum Gasteiger partial charge on any atom is 0.311 e. The van der Waals surface area contributed by atoms with E-state index in [2.05, 4.69) is 5.32 Å². The van der Waals surface area contributed by atoms with Gasteiger partial charge < -0.3 is 10.1 Å². The van der Waals surface area contributed by atoms with Crippen LogP contribution in [-0.2, 0) is 20.7 Å². The van der Waals surface area contributed by atoms with Gasteiger partial charge in [-0.2, -0.15) is 0 Å². The van der Waals surface area contributed by atoms with Crippen LogP contribution in [0, 0.1) is 0 Å². The molecule has 0 saturated heterocycles. The number of esters is 1. The van der Waals surface area contributed by atoms with Crippen molar-refractivity contribution in [3.05, 3.63) is 52.7 Å². The number of nitrogens with zero attached hydrogens (tertiary/aromatic N) is 1. The first-order chi connectivity index (χ1) is 14.6. The molecule has 1 atom stereocenters.